The smallest absolute Gasteiger partial charge is 0.374 e. The quantitative estimate of drug-likeness (QED) is 0.740. The summed E-state index contributed by atoms with van der Waals surface area (Å²) >= 11 is 0.699. The predicted octanol–water partition coefficient (Wildman–Crippen LogP) is 2.77. The Balaban J connectivity index is 1.55. The highest BCUT2D eigenvalue weighted by atomic mass is 32.1. The van der Waals surface area contributed by atoms with E-state index in [1.165, 1.54) is 12.3 Å². The van der Waals surface area contributed by atoms with Crippen LogP contribution in [0, 0.1) is 6.92 Å². The van der Waals surface area contributed by atoms with Gasteiger partial charge in [0.1, 0.15) is 5.01 Å². The van der Waals surface area contributed by atoms with E-state index in [1.807, 2.05) is 18.2 Å². The second kappa shape index (κ2) is 8.76. The molecule has 1 aliphatic heterocycles. The average Bonchev–Trinajstić information content (AvgIpc) is 3.10. The van der Waals surface area contributed by atoms with Crippen molar-refractivity contribution in [3.8, 4) is 0 Å². The molecule has 1 saturated heterocycles. The van der Waals surface area contributed by atoms with Gasteiger partial charge in [-0.3, -0.25) is 14.7 Å². The summed E-state index contributed by atoms with van der Waals surface area (Å²) in [6.45, 7) is 3.64. The predicted molar refractivity (Wildman–Crippen MR) is 102 cm³/mol. The Labute approximate surface area is 170 Å². The number of thiazole rings is 1. The summed E-state index contributed by atoms with van der Waals surface area (Å²) in [7, 11) is 0. The SMILES string of the molecule is Cc1csc(C(O)(CC(=O)NC2CCN(Cc3ccccn3)CC2)C(F)(F)F)n1. The van der Waals surface area contributed by atoms with Crippen LogP contribution in [0.5, 0.6) is 0 Å². The van der Waals surface area contributed by atoms with Gasteiger partial charge in [-0.05, 0) is 31.9 Å². The third-order valence-corrected chi connectivity index (χ3v) is 6.03. The fraction of sp³-hybridized carbons (Fsp3) is 0.526. The van der Waals surface area contributed by atoms with Crippen LogP contribution >= 0.6 is 11.3 Å². The summed E-state index contributed by atoms with van der Waals surface area (Å²) in [6.07, 6.45) is -3.12. The number of hydrogen-bond donors (Lipinski definition) is 2. The number of aliphatic hydroxyl groups is 1. The van der Waals surface area contributed by atoms with Crippen molar-refractivity contribution in [3.63, 3.8) is 0 Å². The summed E-state index contributed by atoms with van der Waals surface area (Å²) in [5.74, 6) is -0.833. The molecule has 1 unspecified atom stereocenters. The lowest BCUT2D eigenvalue weighted by atomic mass is 9.98. The van der Waals surface area contributed by atoms with Crippen molar-refractivity contribution in [2.75, 3.05) is 13.1 Å². The highest BCUT2D eigenvalue weighted by Crippen LogP contribution is 2.42. The Morgan fingerprint density at radius 1 is 1.34 bits per heavy atom. The number of likely N-dealkylation sites (tertiary alicyclic amines) is 1. The molecule has 2 aromatic heterocycles. The Hall–Kier alpha value is -2.04. The number of pyridine rings is 1. The van der Waals surface area contributed by atoms with E-state index in [-0.39, 0.29) is 6.04 Å². The summed E-state index contributed by atoms with van der Waals surface area (Å²) < 4.78 is 40.6. The monoisotopic (exact) mass is 428 g/mol. The molecule has 2 N–H and O–H groups in total. The minimum Gasteiger partial charge on any atom is -0.374 e. The summed E-state index contributed by atoms with van der Waals surface area (Å²) in [5.41, 5.74) is -1.97. The first-order valence-corrected chi connectivity index (χ1v) is 10.2. The van der Waals surface area contributed by atoms with Gasteiger partial charge in [0, 0.05) is 42.9 Å². The number of carbonyl (C=O) groups is 1. The van der Waals surface area contributed by atoms with E-state index in [9.17, 15) is 23.1 Å². The number of nitrogens with zero attached hydrogens (tertiary/aromatic N) is 3. The van der Waals surface area contributed by atoms with Gasteiger partial charge >= 0.3 is 6.18 Å². The first kappa shape index (κ1) is 21.7. The van der Waals surface area contributed by atoms with E-state index in [4.69, 9.17) is 0 Å². The second-order valence-corrected chi connectivity index (χ2v) is 8.13. The van der Waals surface area contributed by atoms with E-state index in [0.29, 0.717) is 49.5 Å². The second-order valence-electron chi connectivity index (χ2n) is 7.27. The van der Waals surface area contributed by atoms with Crippen molar-refractivity contribution in [3.05, 3.63) is 46.2 Å². The number of hydrogen-bond acceptors (Lipinski definition) is 6. The zero-order valence-corrected chi connectivity index (χ0v) is 16.8. The summed E-state index contributed by atoms with van der Waals surface area (Å²) in [6, 6.07) is 5.48. The van der Waals surface area contributed by atoms with E-state index >= 15 is 0 Å². The van der Waals surface area contributed by atoms with Crippen LogP contribution in [0.3, 0.4) is 0 Å². The molecule has 0 spiro atoms. The molecule has 0 saturated carbocycles. The number of rotatable bonds is 6. The number of nitrogens with one attached hydrogen (secondary N) is 1. The van der Waals surface area contributed by atoms with E-state index in [1.54, 1.807) is 6.20 Å². The fourth-order valence-electron chi connectivity index (χ4n) is 3.31. The maximum atomic E-state index is 13.5. The minimum atomic E-state index is -5.00. The fourth-order valence-corrected chi connectivity index (χ4v) is 4.22. The van der Waals surface area contributed by atoms with Crippen LogP contribution in [0.15, 0.2) is 29.8 Å². The van der Waals surface area contributed by atoms with Crippen LogP contribution in [0.4, 0.5) is 13.2 Å². The number of aryl methyl sites for hydroxylation is 1. The molecule has 2 aromatic rings. The lowest BCUT2D eigenvalue weighted by Gasteiger charge is -2.33. The van der Waals surface area contributed by atoms with Crippen molar-refractivity contribution in [1.82, 2.24) is 20.2 Å². The zero-order valence-electron chi connectivity index (χ0n) is 15.9. The Morgan fingerprint density at radius 2 is 2.07 bits per heavy atom. The molecule has 1 aliphatic rings. The van der Waals surface area contributed by atoms with Crippen molar-refractivity contribution < 1.29 is 23.1 Å². The van der Waals surface area contributed by atoms with Crippen LogP contribution in [-0.4, -0.2) is 51.2 Å². The van der Waals surface area contributed by atoms with Gasteiger partial charge in [-0.1, -0.05) is 6.07 Å². The molecule has 0 aliphatic carbocycles. The molecule has 1 fully saturated rings. The van der Waals surface area contributed by atoms with Gasteiger partial charge in [-0.2, -0.15) is 13.2 Å². The molecule has 29 heavy (non-hydrogen) atoms. The number of aromatic nitrogens is 2. The molecule has 3 heterocycles. The van der Waals surface area contributed by atoms with Gasteiger partial charge in [0.05, 0.1) is 12.1 Å². The Morgan fingerprint density at radius 3 is 2.62 bits per heavy atom. The Kier molecular flexibility index (Phi) is 6.55. The topological polar surface area (TPSA) is 78.4 Å². The van der Waals surface area contributed by atoms with Crippen LogP contribution in [0.1, 0.15) is 35.7 Å². The number of alkyl halides is 3. The van der Waals surface area contributed by atoms with Gasteiger partial charge < -0.3 is 10.4 Å². The van der Waals surface area contributed by atoms with Crippen molar-refractivity contribution in [2.24, 2.45) is 0 Å². The maximum absolute atomic E-state index is 13.5. The van der Waals surface area contributed by atoms with Gasteiger partial charge in [0.25, 0.3) is 0 Å². The van der Waals surface area contributed by atoms with Gasteiger partial charge in [-0.25, -0.2) is 4.98 Å². The zero-order chi connectivity index (χ0) is 21.1. The van der Waals surface area contributed by atoms with Crippen LogP contribution < -0.4 is 5.32 Å². The summed E-state index contributed by atoms with van der Waals surface area (Å²) in [4.78, 5) is 22.5. The average molecular weight is 428 g/mol. The first-order valence-electron chi connectivity index (χ1n) is 9.31. The largest absolute Gasteiger partial charge is 0.424 e. The molecular formula is C19H23F3N4O2S. The van der Waals surface area contributed by atoms with Crippen molar-refractivity contribution >= 4 is 17.2 Å². The number of piperidine rings is 1. The van der Waals surface area contributed by atoms with E-state index in [0.717, 1.165) is 5.69 Å². The number of carbonyl (C=O) groups excluding carboxylic acids is 1. The minimum absolute atomic E-state index is 0.224. The lowest BCUT2D eigenvalue weighted by molar-refractivity contribution is -0.267. The molecule has 6 nitrogen and oxygen atoms in total. The molecule has 3 rings (SSSR count). The standard InChI is InChI=1S/C19H23F3N4O2S/c1-13-12-29-17(24-13)18(28,19(20,21)22)10-16(27)25-14-5-8-26(9-6-14)11-15-4-2-3-7-23-15/h2-4,7,12,14,28H,5-6,8-11H2,1H3,(H,25,27). The van der Waals surface area contributed by atoms with Crippen molar-refractivity contribution in [1.29, 1.82) is 0 Å². The normalized spacial score (nSPS) is 18.4. The van der Waals surface area contributed by atoms with Gasteiger partial charge in [0.15, 0.2) is 0 Å². The third kappa shape index (κ3) is 5.31. The molecule has 0 bridgehead atoms. The number of halogens is 3. The van der Waals surface area contributed by atoms with Crippen LogP contribution in [0.2, 0.25) is 0 Å². The first-order chi connectivity index (χ1) is 13.7. The van der Waals surface area contributed by atoms with E-state index in [2.05, 4.69) is 20.2 Å². The molecule has 10 heteroatoms. The molecule has 0 aromatic carbocycles. The van der Waals surface area contributed by atoms with Gasteiger partial charge in [-0.15, -0.1) is 11.3 Å². The van der Waals surface area contributed by atoms with Crippen molar-refractivity contribution in [2.45, 2.75) is 50.6 Å². The molecular weight excluding hydrogens is 405 g/mol. The summed E-state index contributed by atoms with van der Waals surface area (Å²) in [5, 5.41) is 13.8. The highest BCUT2D eigenvalue weighted by Gasteiger charge is 2.58. The lowest BCUT2D eigenvalue weighted by Crippen LogP contribution is -2.49. The Bertz CT molecular complexity index is 822. The molecule has 1 atom stereocenters. The third-order valence-electron chi connectivity index (χ3n) is 4.92. The van der Waals surface area contributed by atoms with Crippen LogP contribution in [-0.2, 0) is 16.9 Å². The molecule has 158 valence electrons. The molecule has 0 radical (unpaired) electrons. The van der Waals surface area contributed by atoms with Crippen LogP contribution in [0.25, 0.3) is 0 Å². The highest BCUT2D eigenvalue weighted by molar-refractivity contribution is 7.09. The molecule has 1 amide bonds. The van der Waals surface area contributed by atoms with E-state index < -0.39 is 29.1 Å². The number of amides is 1. The van der Waals surface area contributed by atoms with Gasteiger partial charge in [0.2, 0.25) is 11.5 Å². The maximum Gasteiger partial charge on any atom is 0.424 e.